The van der Waals surface area contributed by atoms with Gasteiger partial charge in [-0.25, -0.2) is 0 Å². The van der Waals surface area contributed by atoms with E-state index in [9.17, 15) is 18.0 Å². The smallest absolute Gasteiger partial charge is 0.341 e. The van der Waals surface area contributed by atoms with E-state index in [2.05, 4.69) is 10.2 Å². The maximum Gasteiger partial charge on any atom is 0.416 e. The largest absolute Gasteiger partial charge is 0.416 e. The average molecular weight is 383 g/mol. The molecule has 27 heavy (non-hydrogen) atoms. The summed E-state index contributed by atoms with van der Waals surface area (Å²) in [5.41, 5.74) is 0.257. The predicted octanol–water partition coefficient (Wildman–Crippen LogP) is 3.13. The molecule has 0 saturated carbocycles. The van der Waals surface area contributed by atoms with Crippen LogP contribution >= 0.6 is 0 Å². The maximum absolute atomic E-state index is 12.7. The van der Waals surface area contributed by atoms with Gasteiger partial charge in [0.15, 0.2) is 0 Å². The van der Waals surface area contributed by atoms with Crippen molar-refractivity contribution in [3.05, 3.63) is 35.4 Å². The molecule has 1 unspecified atom stereocenters. The number of nitrogens with zero attached hydrogens (tertiary/aromatic N) is 2. The maximum atomic E-state index is 12.7. The van der Waals surface area contributed by atoms with Crippen LogP contribution in [0.4, 0.5) is 13.2 Å². The first-order valence-electron chi connectivity index (χ1n) is 9.79. The van der Waals surface area contributed by atoms with Gasteiger partial charge in [-0.3, -0.25) is 9.69 Å². The van der Waals surface area contributed by atoms with E-state index in [0.717, 1.165) is 69.7 Å². The van der Waals surface area contributed by atoms with Gasteiger partial charge in [-0.1, -0.05) is 12.1 Å². The van der Waals surface area contributed by atoms with Crippen LogP contribution in [0.3, 0.4) is 0 Å². The highest BCUT2D eigenvalue weighted by Gasteiger charge is 2.30. The Hall–Kier alpha value is -1.60. The zero-order chi connectivity index (χ0) is 19.3. The molecule has 150 valence electrons. The molecule has 2 aliphatic heterocycles. The Bertz CT molecular complexity index is 612. The number of benzene rings is 1. The molecule has 1 aromatic carbocycles. The van der Waals surface area contributed by atoms with Crippen LogP contribution in [0, 0.1) is 5.92 Å². The van der Waals surface area contributed by atoms with E-state index in [1.807, 2.05) is 4.90 Å². The fraction of sp³-hybridized carbons (Fsp3) is 0.650. The summed E-state index contributed by atoms with van der Waals surface area (Å²) in [4.78, 5) is 16.7. The monoisotopic (exact) mass is 383 g/mol. The van der Waals surface area contributed by atoms with Gasteiger partial charge in [0.25, 0.3) is 0 Å². The van der Waals surface area contributed by atoms with E-state index >= 15 is 0 Å². The number of halogens is 3. The molecule has 0 bridgehead atoms. The fourth-order valence-electron chi connectivity index (χ4n) is 3.88. The van der Waals surface area contributed by atoms with Crippen LogP contribution in [0.5, 0.6) is 0 Å². The van der Waals surface area contributed by atoms with Crippen LogP contribution in [-0.4, -0.2) is 55.0 Å². The van der Waals surface area contributed by atoms with E-state index in [4.69, 9.17) is 0 Å². The molecule has 1 N–H and O–H groups in total. The van der Waals surface area contributed by atoms with Gasteiger partial charge >= 0.3 is 6.18 Å². The molecule has 2 heterocycles. The number of amides is 1. The molecular formula is C20H28F3N3O. The van der Waals surface area contributed by atoms with Crippen molar-refractivity contribution in [3.8, 4) is 0 Å². The van der Waals surface area contributed by atoms with Crippen LogP contribution in [0.25, 0.3) is 0 Å². The topological polar surface area (TPSA) is 35.6 Å². The van der Waals surface area contributed by atoms with Gasteiger partial charge < -0.3 is 10.2 Å². The molecule has 0 radical (unpaired) electrons. The first-order valence-corrected chi connectivity index (χ1v) is 9.79. The highest BCUT2D eigenvalue weighted by molar-refractivity contribution is 5.76. The Morgan fingerprint density at radius 2 is 1.89 bits per heavy atom. The van der Waals surface area contributed by atoms with E-state index in [0.29, 0.717) is 25.4 Å². The van der Waals surface area contributed by atoms with Crippen molar-refractivity contribution in [3.63, 3.8) is 0 Å². The van der Waals surface area contributed by atoms with Crippen molar-refractivity contribution in [2.45, 2.75) is 38.4 Å². The molecule has 7 heteroatoms. The van der Waals surface area contributed by atoms with Crippen molar-refractivity contribution in [2.75, 3.05) is 39.3 Å². The summed E-state index contributed by atoms with van der Waals surface area (Å²) < 4.78 is 38.0. The van der Waals surface area contributed by atoms with E-state index in [-0.39, 0.29) is 5.91 Å². The fourth-order valence-corrected chi connectivity index (χ4v) is 3.88. The Morgan fingerprint density at radius 3 is 2.56 bits per heavy atom. The summed E-state index contributed by atoms with van der Waals surface area (Å²) in [6.07, 6.45) is -0.662. The SMILES string of the molecule is O=C(CCC1CCNC1)N1CCCN(Cc2ccc(C(F)(F)F)cc2)CC1. The standard InChI is InChI=1S/C20H28F3N3O/c21-20(22,23)18-5-2-17(3-6-18)15-25-10-1-11-26(13-12-25)19(27)7-4-16-8-9-24-14-16/h2-3,5-6,16,24H,1,4,7-15H2. The zero-order valence-electron chi connectivity index (χ0n) is 15.6. The van der Waals surface area contributed by atoms with Gasteiger partial charge in [-0.2, -0.15) is 13.2 Å². The highest BCUT2D eigenvalue weighted by Crippen LogP contribution is 2.29. The van der Waals surface area contributed by atoms with Crippen LogP contribution < -0.4 is 5.32 Å². The van der Waals surface area contributed by atoms with Crippen molar-refractivity contribution < 1.29 is 18.0 Å². The lowest BCUT2D eigenvalue weighted by Gasteiger charge is -2.22. The average Bonchev–Trinajstić information content (AvgIpc) is 3.05. The van der Waals surface area contributed by atoms with Crippen molar-refractivity contribution in [1.82, 2.24) is 15.1 Å². The summed E-state index contributed by atoms with van der Waals surface area (Å²) in [7, 11) is 0. The minimum absolute atomic E-state index is 0.235. The Kier molecular flexibility index (Phi) is 6.76. The van der Waals surface area contributed by atoms with Crippen LogP contribution in [0.2, 0.25) is 0 Å². The Labute approximate surface area is 158 Å². The van der Waals surface area contributed by atoms with Gasteiger partial charge in [0.2, 0.25) is 5.91 Å². The number of rotatable bonds is 5. The summed E-state index contributed by atoms with van der Waals surface area (Å²) in [5, 5.41) is 3.33. The van der Waals surface area contributed by atoms with Crippen LogP contribution in [0.15, 0.2) is 24.3 Å². The van der Waals surface area contributed by atoms with E-state index < -0.39 is 11.7 Å². The molecule has 2 saturated heterocycles. The predicted molar refractivity (Wildman–Crippen MR) is 98.1 cm³/mol. The number of alkyl halides is 3. The number of carbonyl (C=O) groups is 1. The van der Waals surface area contributed by atoms with Gasteiger partial charge in [-0.05, 0) is 56.0 Å². The number of hydrogen-bond acceptors (Lipinski definition) is 3. The quantitative estimate of drug-likeness (QED) is 0.849. The molecule has 1 atom stereocenters. The second kappa shape index (κ2) is 9.06. The molecular weight excluding hydrogens is 355 g/mol. The Morgan fingerprint density at radius 1 is 1.11 bits per heavy atom. The number of nitrogens with one attached hydrogen (secondary N) is 1. The second-order valence-electron chi connectivity index (χ2n) is 7.60. The molecule has 3 rings (SSSR count). The van der Waals surface area contributed by atoms with E-state index in [1.54, 1.807) is 12.1 Å². The van der Waals surface area contributed by atoms with E-state index in [1.165, 1.54) is 0 Å². The van der Waals surface area contributed by atoms with Gasteiger partial charge in [0.05, 0.1) is 5.56 Å². The van der Waals surface area contributed by atoms with Crippen LogP contribution in [0.1, 0.15) is 36.8 Å². The first-order chi connectivity index (χ1) is 12.9. The first kappa shape index (κ1) is 20.1. The van der Waals surface area contributed by atoms with Gasteiger partial charge in [0, 0.05) is 39.1 Å². The lowest BCUT2D eigenvalue weighted by Crippen LogP contribution is -2.35. The zero-order valence-corrected chi connectivity index (χ0v) is 15.6. The lowest BCUT2D eigenvalue weighted by atomic mass is 10.0. The third-order valence-corrected chi connectivity index (χ3v) is 5.56. The molecule has 0 aliphatic carbocycles. The van der Waals surface area contributed by atoms with Crippen LogP contribution in [-0.2, 0) is 17.5 Å². The third kappa shape index (κ3) is 5.94. The third-order valence-electron chi connectivity index (χ3n) is 5.56. The summed E-state index contributed by atoms with van der Waals surface area (Å²) in [5.74, 6) is 0.857. The molecule has 0 aromatic heterocycles. The summed E-state index contributed by atoms with van der Waals surface area (Å²) in [6.45, 7) is 5.78. The summed E-state index contributed by atoms with van der Waals surface area (Å²) >= 11 is 0. The summed E-state index contributed by atoms with van der Waals surface area (Å²) in [6, 6.07) is 5.38. The van der Waals surface area contributed by atoms with Gasteiger partial charge in [-0.15, -0.1) is 0 Å². The molecule has 2 fully saturated rings. The minimum atomic E-state index is -4.30. The molecule has 0 spiro atoms. The van der Waals surface area contributed by atoms with Crippen molar-refractivity contribution in [2.24, 2.45) is 5.92 Å². The van der Waals surface area contributed by atoms with Gasteiger partial charge in [0.1, 0.15) is 0 Å². The minimum Gasteiger partial charge on any atom is -0.341 e. The molecule has 1 aromatic rings. The molecule has 2 aliphatic rings. The molecule has 4 nitrogen and oxygen atoms in total. The molecule has 1 amide bonds. The second-order valence-corrected chi connectivity index (χ2v) is 7.60. The highest BCUT2D eigenvalue weighted by atomic mass is 19.4. The van der Waals surface area contributed by atoms with Crippen molar-refractivity contribution in [1.29, 1.82) is 0 Å². The lowest BCUT2D eigenvalue weighted by molar-refractivity contribution is -0.137. The Balaban J connectivity index is 1.45. The normalized spacial score (nSPS) is 22.0. The number of carbonyl (C=O) groups excluding carboxylic acids is 1. The van der Waals surface area contributed by atoms with Crippen molar-refractivity contribution >= 4 is 5.91 Å². The number of hydrogen-bond donors (Lipinski definition) is 1.